The summed E-state index contributed by atoms with van der Waals surface area (Å²) >= 11 is 0. The van der Waals surface area contributed by atoms with Crippen molar-refractivity contribution in [2.75, 3.05) is 10.6 Å². The van der Waals surface area contributed by atoms with Crippen molar-refractivity contribution in [3.8, 4) is 5.75 Å². The van der Waals surface area contributed by atoms with Crippen LogP contribution in [0.1, 0.15) is 5.69 Å². The second kappa shape index (κ2) is 8.27. The number of phenols is 1. The molecule has 8 heteroatoms. The highest BCUT2D eigenvalue weighted by Crippen LogP contribution is 2.27. The molecule has 0 radical (unpaired) electrons. The number of nitrogens with zero attached hydrogens (tertiary/aromatic N) is 1. The Kier molecular flexibility index (Phi) is 5.36. The third kappa shape index (κ3) is 4.37. The topological polar surface area (TPSA) is 83.2 Å². The molecular weight excluding hydrogens is 405 g/mol. The summed E-state index contributed by atoms with van der Waals surface area (Å²) < 4.78 is 40.4. The molecule has 5 N–H and O–H groups in total. The monoisotopic (exact) mass is 422 g/mol. The first-order valence-electron chi connectivity index (χ1n) is 9.23. The molecule has 4 aromatic rings. The van der Waals surface area contributed by atoms with E-state index in [0.717, 1.165) is 23.2 Å². The molecule has 0 atom stereocenters. The molecule has 0 aliphatic heterocycles. The quantitative estimate of drug-likeness (QED) is 0.321. The molecule has 0 spiro atoms. The van der Waals surface area contributed by atoms with Gasteiger partial charge in [0, 0.05) is 40.8 Å². The fourth-order valence-electron chi connectivity index (χ4n) is 3.03. The van der Waals surface area contributed by atoms with E-state index < -0.39 is 17.4 Å². The van der Waals surface area contributed by atoms with Crippen LogP contribution >= 0.6 is 0 Å². The lowest BCUT2D eigenvalue weighted by Gasteiger charge is -2.11. The van der Waals surface area contributed by atoms with E-state index in [4.69, 9.17) is 10.8 Å². The van der Waals surface area contributed by atoms with Crippen LogP contribution in [0.3, 0.4) is 0 Å². The molecule has 1 heterocycles. The van der Waals surface area contributed by atoms with Gasteiger partial charge in [-0.05, 0) is 42.5 Å². The highest BCUT2D eigenvalue weighted by atomic mass is 19.1. The lowest BCUT2D eigenvalue weighted by atomic mass is 10.1. The van der Waals surface area contributed by atoms with Crippen LogP contribution in [-0.2, 0) is 0 Å². The number of hydrogen-bond acceptors (Lipinski definition) is 5. The van der Waals surface area contributed by atoms with Gasteiger partial charge in [-0.15, -0.1) is 0 Å². The first-order chi connectivity index (χ1) is 14.9. The van der Waals surface area contributed by atoms with Gasteiger partial charge in [0.1, 0.15) is 5.82 Å². The molecule has 5 nitrogen and oxygen atoms in total. The molecule has 0 unspecified atom stereocenters. The van der Waals surface area contributed by atoms with Crippen molar-refractivity contribution in [1.29, 1.82) is 0 Å². The summed E-state index contributed by atoms with van der Waals surface area (Å²) in [5.74, 6) is -3.56. The Morgan fingerprint density at radius 3 is 2.39 bits per heavy atom. The predicted octanol–water partition coefficient (Wildman–Crippen LogP) is 5.47. The molecule has 0 saturated heterocycles. The zero-order valence-corrected chi connectivity index (χ0v) is 16.0. The molecule has 4 rings (SSSR count). The van der Waals surface area contributed by atoms with Crippen LogP contribution in [0.15, 0.2) is 72.9 Å². The number of anilines is 3. The van der Waals surface area contributed by atoms with Crippen molar-refractivity contribution < 1.29 is 18.3 Å². The van der Waals surface area contributed by atoms with Crippen molar-refractivity contribution >= 4 is 33.7 Å². The summed E-state index contributed by atoms with van der Waals surface area (Å²) in [6.07, 6.45) is 1.36. The highest BCUT2D eigenvalue weighted by molar-refractivity contribution is 5.94. The minimum Gasteiger partial charge on any atom is -0.503 e. The predicted molar refractivity (Wildman–Crippen MR) is 115 cm³/mol. The fourth-order valence-corrected chi connectivity index (χ4v) is 3.03. The third-order valence-corrected chi connectivity index (χ3v) is 4.54. The van der Waals surface area contributed by atoms with Gasteiger partial charge in [-0.3, -0.25) is 0 Å². The maximum Gasteiger partial charge on any atom is 0.187 e. The lowest BCUT2D eigenvalue weighted by molar-refractivity contribution is 0.396. The largest absolute Gasteiger partial charge is 0.503 e. The van der Waals surface area contributed by atoms with Crippen molar-refractivity contribution in [2.24, 2.45) is 5.73 Å². The minimum atomic E-state index is -1.09. The Hall–Kier alpha value is -4.20. The van der Waals surface area contributed by atoms with Gasteiger partial charge in [-0.25, -0.2) is 18.2 Å². The molecule has 3 aromatic carbocycles. The van der Waals surface area contributed by atoms with Crippen molar-refractivity contribution in [2.45, 2.75) is 0 Å². The van der Waals surface area contributed by atoms with Crippen LogP contribution in [0.2, 0.25) is 0 Å². The Balaban J connectivity index is 1.59. The van der Waals surface area contributed by atoms with E-state index in [1.807, 2.05) is 12.1 Å². The molecule has 0 aliphatic rings. The van der Waals surface area contributed by atoms with E-state index in [1.165, 1.54) is 18.3 Å². The van der Waals surface area contributed by atoms with E-state index >= 15 is 0 Å². The normalized spacial score (nSPS) is 11.5. The SMILES string of the molecule is N/C(=C\Nc1cc(F)c(O)c(F)c1)c1ccc2c(Nc3cccc(F)c3)cccc2n1. The average Bonchev–Trinajstić information content (AvgIpc) is 2.75. The van der Waals surface area contributed by atoms with Gasteiger partial charge in [-0.1, -0.05) is 12.1 Å². The number of aromatic hydroxyl groups is 1. The molecule has 0 fully saturated rings. The summed E-state index contributed by atoms with van der Waals surface area (Å²) in [6.45, 7) is 0. The number of halogens is 3. The van der Waals surface area contributed by atoms with E-state index in [0.29, 0.717) is 16.9 Å². The number of phenolic OH excluding ortho intramolecular Hbond substituents is 1. The number of hydrogen-bond donors (Lipinski definition) is 4. The molecule has 0 aliphatic carbocycles. The second-order valence-corrected chi connectivity index (χ2v) is 6.74. The Morgan fingerprint density at radius 1 is 0.903 bits per heavy atom. The summed E-state index contributed by atoms with van der Waals surface area (Å²) in [6, 6.07) is 17.0. The summed E-state index contributed by atoms with van der Waals surface area (Å²) in [7, 11) is 0. The van der Waals surface area contributed by atoms with Crippen LogP contribution < -0.4 is 16.4 Å². The second-order valence-electron chi connectivity index (χ2n) is 6.74. The molecule has 0 saturated carbocycles. The van der Waals surface area contributed by atoms with E-state index in [-0.39, 0.29) is 17.2 Å². The zero-order chi connectivity index (χ0) is 22.0. The Labute approximate surface area is 175 Å². The number of nitrogens with one attached hydrogen (secondary N) is 2. The van der Waals surface area contributed by atoms with Crippen LogP contribution in [0.4, 0.5) is 30.2 Å². The molecule has 156 valence electrons. The van der Waals surface area contributed by atoms with Gasteiger partial charge in [0.05, 0.1) is 16.9 Å². The van der Waals surface area contributed by atoms with Crippen LogP contribution in [0.5, 0.6) is 5.75 Å². The summed E-state index contributed by atoms with van der Waals surface area (Å²) in [4.78, 5) is 4.52. The van der Waals surface area contributed by atoms with Gasteiger partial charge in [-0.2, -0.15) is 0 Å². The molecule has 31 heavy (non-hydrogen) atoms. The minimum absolute atomic E-state index is 0.0816. The lowest BCUT2D eigenvalue weighted by Crippen LogP contribution is -2.03. The van der Waals surface area contributed by atoms with Crippen LogP contribution in [0.25, 0.3) is 16.6 Å². The number of benzene rings is 3. The van der Waals surface area contributed by atoms with Gasteiger partial charge >= 0.3 is 0 Å². The van der Waals surface area contributed by atoms with Crippen LogP contribution in [-0.4, -0.2) is 10.1 Å². The standard InChI is InChI=1S/C23H17F3N4O/c24-13-3-1-4-14(9-13)29-20-5-2-6-21-16(20)7-8-22(30-21)19(27)12-28-15-10-17(25)23(31)18(26)11-15/h1-12,28-29,31H,27H2/b19-12-. The molecule has 0 amide bonds. The maximum absolute atomic E-state index is 13.5. The summed E-state index contributed by atoms with van der Waals surface area (Å²) in [5.41, 5.74) is 8.83. The fraction of sp³-hybridized carbons (Fsp3) is 0. The number of pyridine rings is 1. The number of aromatic nitrogens is 1. The van der Waals surface area contributed by atoms with E-state index in [1.54, 1.807) is 30.3 Å². The smallest absolute Gasteiger partial charge is 0.187 e. The molecular formula is C23H17F3N4O. The molecule has 1 aromatic heterocycles. The van der Waals surface area contributed by atoms with E-state index in [2.05, 4.69) is 15.6 Å². The Bertz CT molecular complexity index is 1280. The zero-order valence-electron chi connectivity index (χ0n) is 16.0. The number of fused-ring (bicyclic) bond motifs is 1. The first kappa shape index (κ1) is 20.1. The van der Waals surface area contributed by atoms with Crippen molar-refractivity contribution in [1.82, 2.24) is 4.98 Å². The highest BCUT2D eigenvalue weighted by Gasteiger charge is 2.10. The Morgan fingerprint density at radius 2 is 1.65 bits per heavy atom. The van der Waals surface area contributed by atoms with Gasteiger partial charge in [0.15, 0.2) is 17.4 Å². The van der Waals surface area contributed by atoms with Crippen LogP contribution in [0, 0.1) is 17.5 Å². The maximum atomic E-state index is 13.5. The first-order valence-corrected chi connectivity index (χ1v) is 9.23. The molecule has 0 bridgehead atoms. The van der Waals surface area contributed by atoms with Gasteiger partial charge in [0.2, 0.25) is 0 Å². The number of nitrogens with two attached hydrogens (primary N) is 1. The average molecular weight is 422 g/mol. The number of rotatable bonds is 5. The summed E-state index contributed by atoms with van der Waals surface area (Å²) in [5, 5.41) is 15.8. The third-order valence-electron chi connectivity index (χ3n) is 4.54. The van der Waals surface area contributed by atoms with Gasteiger partial charge < -0.3 is 21.5 Å². The van der Waals surface area contributed by atoms with E-state index in [9.17, 15) is 13.2 Å². The van der Waals surface area contributed by atoms with Crippen molar-refractivity contribution in [3.05, 3.63) is 96.1 Å². The van der Waals surface area contributed by atoms with Gasteiger partial charge in [0.25, 0.3) is 0 Å². The van der Waals surface area contributed by atoms with Crippen molar-refractivity contribution in [3.63, 3.8) is 0 Å².